The average Bonchev–Trinajstić information content (AvgIpc) is 3.23. The van der Waals surface area contributed by atoms with E-state index in [0.29, 0.717) is 11.3 Å². The Morgan fingerprint density at radius 2 is 1.93 bits per heavy atom. The highest BCUT2D eigenvalue weighted by molar-refractivity contribution is 5.92. The third-order valence-electron chi connectivity index (χ3n) is 4.41. The Hall–Kier alpha value is -3.50. The number of hydrogen-bond donors (Lipinski definition) is 1. The molecule has 3 rings (SSSR count). The van der Waals surface area contributed by atoms with E-state index in [-0.39, 0.29) is 18.5 Å². The average molecular weight is 360 g/mol. The van der Waals surface area contributed by atoms with E-state index in [1.54, 1.807) is 35.3 Å². The number of hydrogen-bond acceptors (Lipinski definition) is 5. The summed E-state index contributed by atoms with van der Waals surface area (Å²) >= 11 is 0. The molecule has 7 heteroatoms. The molecule has 0 unspecified atom stereocenters. The molecule has 3 aromatic rings. The van der Waals surface area contributed by atoms with E-state index in [9.17, 15) is 4.79 Å². The van der Waals surface area contributed by atoms with Crippen LogP contribution in [-0.2, 0) is 4.79 Å². The van der Waals surface area contributed by atoms with Crippen LogP contribution in [-0.4, -0.2) is 39.2 Å². The zero-order valence-corrected chi connectivity index (χ0v) is 15.2. The fourth-order valence-corrected chi connectivity index (χ4v) is 2.69. The number of carbonyl (C=O) groups excluding carboxylic acids is 1. The maximum atomic E-state index is 12.3. The number of carbonyl (C=O) groups is 1. The predicted molar refractivity (Wildman–Crippen MR) is 102 cm³/mol. The molecule has 2 aromatic carbocycles. The first-order chi connectivity index (χ1) is 13.1. The standard InChI is InChI=1S/C20H20N6O/c1-15(17-5-9-19(10-6-17)26-14-22-13-23-26)25(2)12-20(27)24-18-7-3-16(11-21)4-8-18/h3-10,13-15H,12H2,1-2H3,(H,24,27)/t15-/m0/s1. The zero-order valence-electron chi connectivity index (χ0n) is 15.2. The lowest BCUT2D eigenvalue weighted by molar-refractivity contribution is -0.117. The molecule has 1 aromatic heterocycles. The molecule has 0 saturated carbocycles. The molecular formula is C20H20N6O. The first-order valence-corrected chi connectivity index (χ1v) is 8.52. The third-order valence-corrected chi connectivity index (χ3v) is 4.41. The van der Waals surface area contributed by atoms with Crippen molar-refractivity contribution < 1.29 is 4.79 Å². The largest absolute Gasteiger partial charge is 0.325 e. The lowest BCUT2D eigenvalue weighted by Crippen LogP contribution is -2.32. The number of nitriles is 1. The molecule has 0 fully saturated rings. The molecule has 7 nitrogen and oxygen atoms in total. The Labute approximate surface area is 157 Å². The molecule has 0 saturated heterocycles. The van der Waals surface area contributed by atoms with Gasteiger partial charge in [-0.1, -0.05) is 12.1 Å². The van der Waals surface area contributed by atoms with Crippen molar-refractivity contribution in [1.29, 1.82) is 5.26 Å². The van der Waals surface area contributed by atoms with Crippen LogP contribution in [0, 0.1) is 11.3 Å². The van der Waals surface area contributed by atoms with E-state index in [2.05, 4.69) is 28.4 Å². The van der Waals surface area contributed by atoms with Gasteiger partial charge in [-0.05, 0) is 55.9 Å². The number of rotatable bonds is 6. The van der Waals surface area contributed by atoms with Gasteiger partial charge < -0.3 is 5.32 Å². The van der Waals surface area contributed by atoms with Crippen LogP contribution in [0.2, 0.25) is 0 Å². The highest BCUT2D eigenvalue weighted by Crippen LogP contribution is 2.20. The van der Waals surface area contributed by atoms with E-state index in [1.165, 1.54) is 6.33 Å². The van der Waals surface area contributed by atoms with Crippen molar-refractivity contribution in [3.8, 4) is 11.8 Å². The topological polar surface area (TPSA) is 86.8 Å². The van der Waals surface area contributed by atoms with Crippen LogP contribution in [0.15, 0.2) is 61.2 Å². The normalized spacial score (nSPS) is 11.8. The van der Waals surface area contributed by atoms with Crippen LogP contribution in [0.4, 0.5) is 5.69 Å². The minimum Gasteiger partial charge on any atom is -0.325 e. The molecule has 1 N–H and O–H groups in total. The summed E-state index contributed by atoms with van der Waals surface area (Å²) in [5.41, 5.74) is 3.28. The lowest BCUT2D eigenvalue weighted by Gasteiger charge is -2.24. The van der Waals surface area contributed by atoms with Gasteiger partial charge >= 0.3 is 0 Å². The first-order valence-electron chi connectivity index (χ1n) is 8.52. The zero-order chi connectivity index (χ0) is 19.2. The van der Waals surface area contributed by atoms with Crippen LogP contribution in [0.5, 0.6) is 0 Å². The number of nitrogens with one attached hydrogen (secondary N) is 1. The van der Waals surface area contributed by atoms with Crippen molar-refractivity contribution in [1.82, 2.24) is 19.7 Å². The van der Waals surface area contributed by atoms with Crippen molar-refractivity contribution in [2.75, 3.05) is 18.9 Å². The molecule has 0 radical (unpaired) electrons. The van der Waals surface area contributed by atoms with E-state index in [4.69, 9.17) is 5.26 Å². The summed E-state index contributed by atoms with van der Waals surface area (Å²) in [7, 11) is 1.91. The molecule has 0 bridgehead atoms. The van der Waals surface area contributed by atoms with E-state index in [1.807, 2.05) is 36.2 Å². The monoisotopic (exact) mass is 360 g/mol. The third kappa shape index (κ3) is 4.57. The molecule has 27 heavy (non-hydrogen) atoms. The number of aromatic nitrogens is 3. The van der Waals surface area contributed by atoms with Gasteiger partial charge in [0.1, 0.15) is 12.7 Å². The summed E-state index contributed by atoms with van der Waals surface area (Å²) in [5, 5.41) is 15.8. The second-order valence-corrected chi connectivity index (χ2v) is 6.26. The van der Waals surface area contributed by atoms with Gasteiger partial charge in [-0.25, -0.2) is 9.67 Å². The summed E-state index contributed by atoms with van der Waals surface area (Å²) in [6.45, 7) is 2.31. The van der Waals surface area contributed by atoms with Crippen molar-refractivity contribution in [2.45, 2.75) is 13.0 Å². The minimum atomic E-state index is -0.103. The Balaban J connectivity index is 1.58. The number of amides is 1. The Morgan fingerprint density at radius 3 is 2.52 bits per heavy atom. The summed E-state index contributed by atoms with van der Waals surface area (Å²) in [6.07, 6.45) is 3.15. The smallest absolute Gasteiger partial charge is 0.238 e. The highest BCUT2D eigenvalue weighted by Gasteiger charge is 2.15. The highest BCUT2D eigenvalue weighted by atomic mass is 16.2. The quantitative estimate of drug-likeness (QED) is 0.730. The summed E-state index contributed by atoms with van der Waals surface area (Å²) in [5.74, 6) is -0.103. The molecule has 0 aliphatic carbocycles. The second kappa shape index (κ2) is 8.25. The number of anilines is 1. The molecular weight excluding hydrogens is 340 g/mol. The van der Waals surface area contributed by atoms with Crippen molar-refractivity contribution in [3.05, 3.63) is 72.3 Å². The Kier molecular flexibility index (Phi) is 5.59. The summed E-state index contributed by atoms with van der Waals surface area (Å²) in [4.78, 5) is 18.2. The Morgan fingerprint density at radius 1 is 1.22 bits per heavy atom. The Bertz CT molecular complexity index is 926. The molecule has 0 spiro atoms. The van der Waals surface area contributed by atoms with Crippen LogP contribution >= 0.6 is 0 Å². The van der Waals surface area contributed by atoms with Gasteiger partial charge in [-0.15, -0.1) is 0 Å². The number of nitrogens with zero attached hydrogens (tertiary/aromatic N) is 5. The van der Waals surface area contributed by atoms with Crippen LogP contribution < -0.4 is 5.32 Å². The van der Waals surface area contributed by atoms with Crippen LogP contribution in [0.1, 0.15) is 24.1 Å². The second-order valence-electron chi connectivity index (χ2n) is 6.26. The van der Waals surface area contributed by atoms with Gasteiger partial charge in [-0.3, -0.25) is 9.69 Å². The fourth-order valence-electron chi connectivity index (χ4n) is 2.69. The number of benzene rings is 2. The van der Waals surface area contributed by atoms with Crippen molar-refractivity contribution in [3.63, 3.8) is 0 Å². The van der Waals surface area contributed by atoms with E-state index < -0.39 is 0 Å². The first kappa shape index (κ1) is 18.3. The molecule has 136 valence electrons. The summed E-state index contributed by atoms with van der Waals surface area (Å²) < 4.78 is 1.70. The van der Waals surface area contributed by atoms with Crippen LogP contribution in [0.25, 0.3) is 5.69 Å². The molecule has 1 amide bonds. The predicted octanol–water partition coefficient (Wildman–Crippen LogP) is 2.77. The molecule has 0 aliphatic rings. The summed E-state index contributed by atoms with van der Waals surface area (Å²) in [6, 6.07) is 16.9. The minimum absolute atomic E-state index is 0.0708. The van der Waals surface area contributed by atoms with Gasteiger partial charge in [0.05, 0.1) is 23.9 Å². The fraction of sp³-hybridized carbons (Fsp3) is 0.200. The van der Waals surface area contributed by atoms with Crippen LogP contribution in [0.3, 0.4) is 0 Å². The van der Waals surface area contributed by atoms with Gasteiger partial charge in [0.2, 0.25) is 5.91 Å². The van der Waals surface area contributed by atoms with E-state index in [0.717, 1.165) is 11.3 Å². The van der Waals surface area contributed by atoms with Crippen molar-refractivity contribution >= 4 is 11.6 Å². The molecule has 1 atom stereocenters. The van der Waals surface area contributed by atoms with Gasteiger partial charge in [0.25, 0.3) is 0 Å². The maximum absolute atomic E-state index is 12.3. The van der Waals surface area contributed by atoms with Gasteiger partial charge in [0.15, 0.2) is 0 Å². The van der Waals surface area contributed by atoms with Crippen molar-refractivity contribution in [2.24, 2.45) is 0 Å². The SMILES string of the molecule is C[C@@H](c1ccc(-n2cncn2)cc1)N(C)CC(=O)Nc1ccc(C#N)cc1. The molecule has 0 aliphatic heterocycles. The van der Waals surface area contributed by atoms with Gasteiger partial charge in [-0.2, -0.15) is 10.4 Å². The van der Waals surface area contributed by atoms with E-state index >= 15 is 0 Å². The lowest BCUT2D eigenvalue weighted by atomic mass is 10.1. The van der Waals surface area contributed by atoms with Gasteiger partial charge in [0, 0.05) is 11.7 Å². The number of likely N-dealkylation sites (N-methyl/N-ethyl adjacent to an activating group) is 1. The maximum Gasteiger partial charge on any atom is 0.238 e. The molecule has 1 heterocycles.